The van der Waals surface area contributed by atoms with Gasteiger partial charge in [0.25, 0.3) is 0 Å². The van der Waals surface area contributed by atoms with Gasteiger partial charge in [0.15, 0.2) is 5.16 Å². The van der Waals surface area contributed by atoms with Crippen molar-refractivity contribution in [3.8, 4) is 0 Å². The first-order valence-corrected chi connectivity index (χ1v) is 10.2. The Labute approximate surface area is 151 Å². The summed E-state index contributed by atoms with van der Waals surface area (Å²) in [4.78, 5) is 16.2. The maximum Gasteiger partial charge on any atom is 0.243 e. The molecule has 1 amide bonds. The van der Waals surface area contributed by atoms with Gasteiger partial charge in [0.05, 0.1) is 10.6 Å². The van der Waals surface area contributed by atoms with Crippen LogP contribution in [0.1, 0.15) is 19.4 Å². The molecule has 0 aliphatic heterocycles. The smallest absolute Gasteiger partial charge is 0.243 e. The minimum absolute atomic E-state index is 0.141. The number of amides is 1. The molecule has 1 heterocycles. The zero-order chi connectivity index (χ0) is 18.4. The zero-order valence-electron chi connectivity index (χ0n) is 14.3. The molecule has 0 atom stereocenters. The molecule has 1 aromatic carbocycles. The van der Waals surface area contributed by atoms with E-state index in [4.69, 9.17) is 0 Å². The van der Waals surface area contributed by atoms with Crippen molar-refractivity contribution in [3.05, 3.63) is 30.1 Å². The molecule has 25 heavy (non-hydrogen) atoms. The summed E-state index contributed by atoms with van der Waals surface area (Å²) in [6.45, 7) is 6.18. The number of thioether (sulfide) groups is 1. The van der Waals surface area contributed by atoms with Crippen LogP contribution in [-0.2, 0) is 14.8 Å². The van der Waals surface area contributed by atoms with Gasteiger partial charge in [-0.15, -0.1) is 0 Å². The van der Waals surface area contributed by atoms with Gasteiger partial charge in [-0.2, -0.15) is 9.40 Å². The normalized spacial score (nSPS) is 11.7. The molecule has 0 spiro atoms. The zero-order valence-corrected chi connectivity index (χ0v) is 15.9. The lowest BCUT2D eigenvalue weighted by Crippen LogP contribution is -2.30. The maximum atomic E-state index is 12.6. The van der Waals surface area contributed by atoms with Crippen LogP contribution in [0, 0.1) is 6.92 Å². The molecule has 0 aliphatic carbocycles. The summed E-state index contributed by atoms with van der Waals surface area (Å²) in [7, 11) is -3.57. The van der Waals surface area contributed by atoms with Gasteiger partial charge < -0.3 is 5.32 Å². The first-order chi connectivity index (χ1) is 11.9. The number of sulfonamides is 1. The molecular weight excluding hydrogens is 362 g/mol. The van der Waals surface area contributed by atoms with E-state index in [1.165, 1.54) is 28.5 Å². The Balaban J connectivity index is 2.14. The summed E-state index contributed by atoms with van der Waals surface area (Å²) in [5, 5.41) is 9.67. The van der Waals surface area contributed by atoms with Crippen LogP contribution in [0.25, 0.3) is 0 Å². The molecule has 0 saturated heterocycles. The maximum absolute atomic E-state index is 12.6. The predicted molar refractivity (Wildman–Crippen MR) is 97.0 cm³/mol. The Morgan fingerprint density at radius 2 is 2.04 bits per heavy atom. The van der Waals surface area contributed by atoms with E-state index < -0.39 is 10.0 Å². The second kappa shape index (κ2) is 8.45. The highest BCUT2D eigenvalue weighted by Crippen LogP contribution is 2.23. The van der Waals surface area contributed by atoms with E-state index in [1.807, 2.05) is 6.92 Å². The van der Waals surface area contributed by atoms with Crippen molar-refractivity contribution in [2.75, 3.05) is 24.2 Å². The van der Waals surface area contributed by atoms with Crippen molar-refractivity contribution in [1.82, 2.24) is 19.5 Å². The summed E-state index contributed by atoms with van der Waals surface area (Å²) in [6, 6.07) is 4.75. The molecule has 0 aliphatic rings. The second-order valence-corrected chi connectivity index (χ2v) is 8.10. The molecule has 10 heteroatoms. The predicted octanol–water partition coefficient (Wildman–Crippen LogP) is 1.87. The van der Waals surface area contributed by atoms with Crippen LogP contribution in [-0.4, -0.2) is 52.7 Å². The van der Waals surface area contributed by atoms with Gasteiger partial charge in [-0.3, -0.25) is 9.89 Å². The van der Waals surface area contributed by atoms with E-state index in [0.717, 1.165) is 5.56 Å². The lowest BCUT2D eigenvalue weighted by molar-refractivity contribution is -0.113. The summed E-state index contributed by atoms with van der Waals surface area (Å²) < 4.78 is 26.6. The number of benzene rings is 1. The highest BCUT2D eigenvalue weighted by molar-refractivity contribution is 7.99. The molecule has 8 nitrogen and oxygen atoms in total. The number of nitrogens with one attached hydrogen (secondary N) is 2. The number of H-pyrrole nitrogens is 1. The van der Waals surface area contributed by atoms with Gasteiger partial charge in [0, 0.05) is 18.8 Å². The van der Waals surface area contributed by atoms with E-state index in [9.17, 15) is 13.2 Å². The van der Waals surface area contributed by atoms with Crippen molar-refractivity contribution in [1.29, 1.82) is 0 Å². The molecule has 0 radical (unpaired) electrons. The lowest BCUT2D eigenvalue weighted by Gasteiger charge is -2.19. The number of carbonyl (C=O) groups is 1. The number of aryl methyl sites for hydroxylation is 1. The third-order valence-electron chi connectivity index (χ3n) is 3.56. The number of nitrogens with zero attached hydrogens (tertiary/aromatic N) is 3. The van der Waals surface area contributed by atoms with Gasteiger partial charge in [0.1, 0.15) is 6.33 Å². The largest absolute Gasteiger partial charge is 0.325 e. The molecule has 0 saturated carbocycles. The van der Waals surface area contributed by atoms with Crippen LogP contribution in [0.5, 0.6) is 0 Å². The van der Waals surface area contributed by atoms with E-state index >= 15 is 0 Å². The average Bonchev–Trinajstić information content (AvgIpc) is 3.09. The van der Waals surface area contributed by atoms with Crippen LogP contribution in [0.15, 0.2) is 34.6 Å². The highest BCUT2D eigenvalue weighted by Gasteiger charge is 2.22. The fourth-order valence-electron chi connectivity index (χ4n) is 2.19. The first-order valence-electron chi connectivity index (χ1n) is 7.77. The van der Waals surface area contributed by atoms with Crippen molar-refractivity contribution in [2.24, 2.45) is 0 Å². The van der Waals surface area contributed by atoms with Crippen LogP contribution in [0.2, 0.25) is 0 Å². The van der Waals surface area contributed by atoms with E-state index in [2.05, 4.69) is 20.5 Å². The topological polar surface area (TPSA) is 108 Å². The number of aromatic nitrogens is 3. The number of hydrogen-bond donors (Lipinski definition) is 2. The summed E-state index contributed by atoms with van der Waals surface area (Å²) in [6.07, 6.45) is 1.37. The first kappa shape index (κ1) is 19.4. The van der Waals surface area contributed by atoms with Crippen molar-refractivity contribution in [3.63, 3.8) is 0 Å². The van der Waals surface area contributed by atoms with Crippen LogP contribution < -0.4 is 5.32 Å². The van der Waals surface area contributed by atoms with Crippen molar-refractivity contribution < 1.29 is 13.2 Å². The fourth-order valence-corrected chi connectivity index (χ4v) is 4.26. The number of aromatic amines is 1. The third-order valence-corrected chi connectivity index (χ3v) is 6.48. The SMILES string of the molecule is CCN(CC)S(=O)(=O)c1ccc(C)c(NC(=O)CSc2ncn[nH]2)c1. The standard InChI is InChI=1S/C15H21N5O3S2/c1-4-20(5-2)25(22,23)12-7-6-11(3)13(8-12)18-14(21)9-24-15-16-10-17-19-15/h6-8,10H,4-5,9H2,1-3H3,(H,18,21)(H,16,17,19). The third kappa shape index (κ3) is 4.80. The van der Waals surface area contributed by atoms with E-state index in [-0.39, 0.29) is 16.6 Å². The number of rotatable bonds is 8. The number of hydrogen-bond acceptors (Lipinski definition) is 6. The lowest BCUT2D eigenvalue weighted by atomic mass is 10.2. The van der Waals surface area contributed by atoms with Crippen molar-refractivity contribution >= 4 is 33.4 Å². The van der Waals surface area contributed by atoms with Gasteiger partial charge in [-0.25, -0.2) is 13.4 Å². The molecule has 2 N–H and O–H groups in total. The second-order valence-electron chi connectivity index (χ2n) is 5.19. The Kier molecular flexibility index (Phi) is 6.57. The Morgan fingerprint density at radius 1 is 1.32 bits per heavy atom. The van der Waals surface area contributed by atoms with Crippen LogP contribution in [0.3, 0.4) is 0 Å². The molecule has 1 aromatic heterocycles. The molecule has 2 rings (SSSR count). The van der Waals surface area contributed by atoms with E-state index in [0.29, 0.717) is 23.9 Å². The van der Waals surface area contributed by atoms with Crippen LogP contribution >= 0.6 is 11.8 Å². The summed E-state index contributed by atoms with van der Waals surface area (Å²) >= 11 is 1.21. The molecule has 136 valence electrons. The Hall–Kier alpha value is -1.91. The average molecular weight is 383 g/mol. The molecule has 0 bridgehead atoms. The number of carbonyl (C=O) groups excluding carboxylic acids is 1. The minimum Gasteiger partial charge on any atom is -0.325 e. The molecular formula is C15H21N5O3S2. The highest BCUT2D eigenvalue weighted by atomic mass is 32.2. The van der Waals surface area contributed by atoms with Gasteiger partial charge in [-0.05, 0) is 24.6 Å². The fraction of sp³-hybridized carbons (Fsp3) is 0.400. The summed E-state index contributed by atoms with van der Waals surface area (Å²) in [5.74, 6) is -0.108. The summed E-state index contributed by atoms with van der Waals surface area (Å²) in [5.41, 5.74) is 1.27. The Bertz CT molecular complexity index is 818. The molecule has 0 fully saturated rings. The quantitative estimate of drug-likeness (QED) is 0.674. The Morgan fingerprint density at radius 3 is 2.64 bits per heavy atom. The van der Waals surface area contributed by atoms with Crippen molar-refractivity contribution in [2.45, 2.75) is 30.8 Å². The van der Waals surface area contributed by atoms with Gasteiger partial charge >= 0.3 is 0 Å². The minimum atomic E-state index is -3.57. The van der Waals surface area contributed by atoms with E-state index in [1.54, 1.807) is 26.0 Å². The van der Waals surface area contributed by atoms with Gasteiger partial charge in [0.2, 0.25) is 15.9 Å². The molecule has 2 aromatic rings. The number of anilines is 1. The molecule has 0 unspecified atom stereocenters. The van der Waals surface area contributed by atoms with Gasteiger partial charge in [-0.1, -0.05) is 31.7 Å². The monoisotopic (exact) mass is 383 g/mol. The van der Waals surface area contributed by atoms with Crippen LogP contribution in [0.4, 0.5) is 5.69 Å².